The molecule has 0 aliphatic carbocycles. The van der Waals surface area contributed by atoms with E-state index in [1.165, 1.54) is 11.4 Å². The molecular formula is C18H29N3O5S. The summed E-state index contributed by atoms with van der Waals surface area (Å²) in [7, 11) is -0.361. The fraction of sp³-hybridized carbons (Fsp3) is 0.611. The fourth-order valence-electron chi connectivity index (χ4n) is 2.97. The van der Waals surface area contributed by atoms with Crippen LogP contribution < -0.4 is 15.4 Å². The third-order valence-corrected chi connectivity index (χ3v) is 6.52. The Morgan fingerprint density at radius 1 is 1.11 bits per heavy atom. The minimum Gasteiger partial charge on any atom is -0.497 e. The van der Waals surface area contributed by atoms with Crippen molar-refractivity contribution in [1.29, 1.82) is 0 Å². The smallest absolute Gasteiger partial charge is 0.243 e. The van der Waals surface area contributed by atoms with E-state index in [0.717, 1.165) is 6.54 Å². The quantitative estimate of drug-likeness (QED) is 0.555. The van der Waals surface area contributed by atoms with Crippen LogP contribution in [0.1, 0.15) is 12.8 Å². The minimum atomic E-state index is -3.54. The summed E-state index contributed by atoms with van der Waals surface area (Å²) < 4.78 is 36.9. The van der Waals surface area contributed by atoms with Crippen molar-refractivity contribution in [1.82, 2.24) is 14.9 Å². The van der Waals surface area contributed by atoms with Gasteiger partial charge < -0.3 is 20.1 Å². The van der Waals surface area contributed by atoms with Crippen LogP contribution in [-0.2, 0) is 19.6 Å². The summed E-state index contributed by atoms with van der Waals surface area (Å²) in [6.07, 6.45) is 1.05. The molecule has 1 heterocycles. The van der Waals surface area contributed by atoms with E-state index in [9.17, 15) is 13.2 Å². The molecule has 1 saturated heterocycles. The molecule has 1 aromatic rings. The van der Waals surface area contributed by atoms with Crippen molar-refractivity contribution in [3.63, 3.8) is 0 Å². The Morgan fingerprint density at radius 3 is 2.37 bits per heavy atom. The van der Waals surface area contributed by atoms with E-state index in [1.54, 1.807) is 31.4 Å². The van der Waals surface area contributed by atoms with Crippen LogP contribution in [0.5, 0.6) is 5.75 Å². The van der Waals surface area contributed by atoms with Crippen LogP contribution in [0.3, 0.4) is 0 Å². The highest BCUT2D eigenvalue weighted by atomic mass is 32.2. The SMILES string of the molecule is COCCNCCNC(=O)C1CCN(S(=O)(=O)c2ccc(OC)cc2)CC1. The molecule has 0 unspecified atom stereocenters. The number of nitrogens with zero attached hydrogens (tertiary/aromatic N) is 1. The molecule has 0 spiro atoms. The largest absolute Gasteiger partial charge is 0.497 e. The van der Waals surface area contributed by atoms with Crippen LogP contribution in [0.2, 0.25) is 0 Å². The third-order valence-electron chi connectivity index (χ3n) is 4.61. The molecule has 152 valence electrons. The van der Waals surface area contributed by atoms with E-state index >= 15 is 0 Å². The van der Waals surface area contributed by atoms with E-state index in [-0.39, 0.29) is 16.7 Å². The lowest BCUT2D eigenvalue weighted by molar-refractivity contribution is -0.126. The van der Waals surface area contributed by atoms with Crippen LogP contribution in [0.15, 0.2) is 29.2 Å². The highest BCUT2D eigenvalue weighted by Gasteiger charge is 2.31. The molecule has 9 heteroatoms. The van der Waals surface area contributed by atoms with Crippen LogP contribution in [0, 0.1) is 5.92 Å². The molecule has 8 nitrogen and oxygen atoms in total. The van der Waals surface area contributed by atoms with E-state index in [1.807, 2.05) is 0 Å². The molecule has 0 atom stereocenters. The zero-order valence-corrected chi connectivity index (χ0v) is 16.8. The van der Waals surface area contributed by atoms with Crippen molar-refractivity contribution in [2.75, 3.05) is 53.6 Å². The van der Waals surface area contributed by atoms with Gasteiger partial charge in [0.25, 0.3) is 0 Å². The number of benzene rings is 1. The number of nitrogens with one attached hydrogen (secondary N) is 2. The molecule has 0 radical (unpaired) electrons. The van der Waals surface area contributed by atoms with Crippen LogP contribution in [0.4, 0.5) is 0 Å². The van der Waals surface area contributed by atoms with Crippen molar-refractivity contribution >= 4 is 15.9 Å². The maximum atomic E-state index is 12.7. The van der Waals surface area contributed by atoms with Gasteiger partial charge in [0.2, 0.25) is 15.9 Å². The van der Waals surface area contributed by atoms with Gasteiger partial charge in [-0.15, -0.1) is 0 Å². The van der Waals surface area contributed by atoms with Gasteiger partial charge in [0.05, 0.1) is 18.6 Å². The average Bonchev–Trinajstić information content (AvgIpc) is 2.70. The zero-order valence-electron chi connectivity index (χ0n) is 15.9. The van der Waals surface area contributed by atoms with Gasteiger partial charge in [-0.3, -0.25) is 4.79 Å². The first-order valence-electron chi connectivity index (χ1n) is 9.10. The summed E-state index contributed by atoms with van der Waals surface area (Å²) >= 11 is 0. The summed E-state index contributed by atoms with van der Waals surface area (Å²) in [4.78, 5) is 12.5. The summed E-state index contributed by atoms with van der Waals surface area (Å²) in [5, 5.41) is 6.06. The summed E-state index contributed by atoms with van der Waals surface area (Å²) in [5.41, 5.74) is 0. The van der Waals surface area contributed by atoms with E-state index in [4.69, 9.17) is 9.47 Å². The van der Waals surface area contributed by atoms with Crippen LogP contribution in [0.25, 0.3) is 0 Å². The number of rotatable bonds is 10. The summed E-state index contributed by atoms with van der Waals surface area (Å²) in [5.74, 6) is 0.456. The number of carbonyl (C=O) groups excluding carboxylic acids is 1. The van der Waals surface area contributed by atoms with Gasteiger partial charge in [0.15, 0.2) is 0 Å². The first kappa shape index (κ1) is 21.6. The second-order valence-electron chi connectivity index (χ2n) is 6.39. The Balaban J connectivity index is 1.79. The predicted octanol–water partition coefficient (Wildman–Crippen LogP) is 0.448. The topological polar surface area (TPSA) is 97.0 Å². The number of hydrogen-bond acceptors (Lipinski definition) is 6. The Morgan fingerprint density at radius 2 is 1.78 bits per heavy atom. The van der Waals surface area contributed by atoms with Gasteiger partial charge in [-0.1, -0.05) is 0 Å². The van der Waals surface area contributed by atoms with E-state index < -0.39 is 10.0 Å². The van der Waals surface area contributed by atoms with Crippen molar-refractivity contribution in [2.24, 2.45) is 5.92 Å². The summed E-state index contributed by atoms with van der Waals surface area (Å²) in [6.45, 7) is 3.30. The lowest BCUT2D eigenvalue weighted by atomic mass is 9.97. The Kier molecular flexibility index (Phi) is 8.49. The van der Waals surface area contributed by atoms with Gasteiger partial charge in [-0.05, 0) is 37.1 Å². The normalized spacial score (nSPS) is 16.2. The number of amides is 1. The molecule has 1 aliphatic heterocycles. The maximum absolute atomic E-state index is 12.7. The lowest BCUT2D eigenvalue weighted by Crippen LogP contribution is -2.44. The monoisotopic (exact) mass is 399 g/mol. The molecule has 2 N–H and O–H groups in total. The highest BCUT2D eigenvalue weighted by molar-refractivity contribution is 7.89. The van der Waals surface area contributed by atoms with E-state index in [2.05, 4.69) is 10.6 Å². The Bertz CT molecular complexity index is 685. The first-order valence-corrected chi connectivity index (χ1v) is 10.5. The molecule has 27 heavy (non-hydrogen) atoms. The number of methoxy groups -OCH3 is 2. The molecule has 1 fully saturated rings. The van der Waals surface area contributed by atoms with Crippen LogP contribution >= 0.6 is 0 Å². The van der Waals surface area contributed by atoms with Crippen LogP contribution in [-0.4, -0.2) is 72.2 Å². The number of ether oxygens (including phenoxy) is 2. The second kappa shape index (κ2) is 10.6. The first-order chi connectivity index (χ1) is 13.0. The van der Waals surface area contributed by atoms with Gasteiger partial charge >= 0.3 is 0 Å². The van der Waals surface area contributed by atoms with Crippen molar-refractivity contribution in [3.8, 4) is 5.75 Å². The number of piperidine rings is 1. The van der Waals surface area contributed by atoms with Gasteiger partial charge in [0.1, 0.15) is 5.75 Å². The van der Waals surface area contributed by atoms with Crippen molar-refractivity contribution < 1.29 is 22.7 Å². The molecule has 1 aliphatic rings. The molecule has 0 saturated carbocycles. The van der Waals surface area contributed by atoms with Gasteiger partial charge in [-0.25, -0.2) is 8.42 Å². The summed E-state index contributed by atoms with van der Waals surface area (Å²) in [6, 6.07) is 6.36. The Hall–Kier alpha value is -1.68. The highest BCUT2D eigenvalue weighted by Crippen LogP contribution is 2.25. The zero-order chi connectivity index (χ0) is 19.7. The second-order valence-corrected chi connectivity index (χ2v) is 8.33. The number of hydrogen-bond donors (Lipinski definition) is 2. The number of sulfonamides is 1. The Labute approximate surface area is 161 Å². The number of carbonyl (C=O) groups is 1. The van der Waals surface area contributed by atoms with Gasteiger partial charge in [0, 0.05) is 45.8 Å². The molecule has 0 aromatic heterocycles. The minimum absolute atomic E-state index is 0.00923. The van der Waals surface area contributed by atoms with Crippen molar-refractivity contribution in [2.45, 2.75) is 17.7 Å². The molecular weight excluding hydrogens is 370 g/mol. The standard InChI is InChI=1S/C18H29N3O5S/c1-25-14-11-19-9-10-20-18(22)15-7-12-21(13-8-15)27(23,24)17-5-3-16(26-2)4-6-17/h3-6,15,19H,7-14H2,1-2H3,(H,20,22). The molecule has 1 aromatic carbocycles. The molecule has 0 bridgehead atoms. The average molecular weight is 400 g/mol. The lowest BCUT2D eigenvalue weighted by Gasteiger charge is -2.30. The van der Waals surface area contributed by atoms with Crippen molar-refractivity contribution in [3.05, 3.63) is 24.3 Å². The fourth-order valence-corrected chi connectivity index (χ4v) is 4.44. The maximum Gasteiger partial charge on any atom is 0.243 e. The van der Waals surface area contributed by atoms with Gasteiger partial charge in [-0.2, -0.15) is 4.31 Å². The molecule has 1 amide bonds. The third kappa shape index (κ3) is 6.17. The molecule has 2 rings (SSSR count). The van der Waals surface area contributed by atoms with E-state index in [0.29, 0.717) is 51.4 Å². The predicted molar refractivity (Wildman–Crippen MR) is 102 cm³/mol.